The number of carbonyl (C=O) groups is 1. The van der Waals surface area contributed by atoms with E-state index < -0.39 is 28.8 Å². The number of nitrogens with one attached hydrogen (secondary N) is 1. The fourth-order valence-electron chi connectivity index (χ4n) is 5.71. The Bertz CT molecular complexity index is 1730. The topological polar surface area (TPSA) is 68.8 Å². The van der Waals surface area contributed by atoms with Gasteiger partial charge in [-0.1, -0.05) is 35.9 Å². The van der Waals surface area contributed by atoms with Crippen molar-refractivity contribution in [3.63, 3.8) is 0 Å². The van der Waals surface area contributed by atoms with Gasteiger partial charge in [0.25, 0.3) is 0 Å². The van der Waals surface area contributed by atoms with Crippen molar-refractivity contribution in [2.24, 2.45) is 0 Å². The van der Waals surface area contributed by atoms with Gasteiger partial charge in [-0.25, -0.2) is 17.9 Å². The second-order valence-electron chi connectivity index (χ2n) is 11.0. The van der Waals surface area contributed by atoms with Crippen LogP contribution in [0.2, 0.25) is 4.34 Å². The number of aromatic nitrogens is 1. The highest BCUT2D eigenvalue weighted by Gasteiger charge is 2.35. The SMILES string of the molecule is O=C(NCc1cc(-c2ccc(C(F)(F)F)cc2)nc(N2CCN(c3ccccc3F)CC2)c1)C1CCCN1S(=O)c1ccc(Cl)s1. The Morgan fingerprint density at radius 2 is 1.70 bits per heavy atom. The van der Waals surface area contributed by atoms with Crippen LogP contribution in [-0.4, -0.2) is 58.2 Å². The molecule has 2 aliphatic rings. The zero-order valence-corrected chi connectivity index (χ0v) is 26.9. The number of hydrogen-bond donors (Lipinski definition) is 1. The van der Waals surface area contributed by atoms with Gasteiger partial charge < -0.3 is 15.1 Å². The third-order valence-electron chi connectivity index (χ3n) is 8.08. The number of nitrogens with zero attached hydrogens (tertiary/aromatic N) is 4. The molecule has 2 aromatic carbocycles. The standard InChI is InChI=1S/C32H30ClF4N5O2S2/c33-28-11-12-30(45-28)46(44)42-13-3-6-27(42)31(43)38-20-21-18-25(22-7-9-23(10-8-22)32(35,36)37)39-29(19-21)41-16-14-40(15-17-41)26-5-2-1-4-24(26)34/h1-2,4-5,7-12,18-19,27H,3,6,13-17,20H2,(H,38,43). The molecule has 7 nitrogen and oxygen atoms in total. The highest BCUT2D eigenvalue weighted by molar-refractivity contribution is 7.85. The second-order valence-corrected chi connectivity index (χ2v) is 14.4. The van der Waals surface area contributed by atoms with Crippen LogP contribution in [0.25, 0.3) is 11.3 Å². The zero-order valence-electron chi connectivity index (χ0n) is 24.5. The normalized spacial score (nSPS) is 18.2. The molecule has 2 saturated heterocycles. The summed E-state index contributed by atoms with van der Waals surface area (Å²) in [6.07, 6.45) is -3.19. The molecule has 14 heteroatoms. The van der Waals surface area contributed by atoms with Crippen LogP contribution >= 0.6 is 22.9 Å². The summed E-state index contributed by atoms with van der Waals surface area (Å²) >= 11 is 7.25. The van der Waals surface area contributed by atoms with E-state index in [2.05, 4.69) is 5.32 Å². The van der Waals surface area contributed by atoms with Crippen molar-refractivity contribution in [2.75, 3.05) is 42.5 Å². The van der Waals surface area contributed by atoms with Gasteiger partial charge in [0.2, 0.25) is 5.91 Å². The second kappa shape index (κ2) is 13.7. The van der Waals surface area contributed by atoms with Gasteiger partial charge in [0.1, 0.15) is 32.9 Å². The van der Waals surface area contributed by atoms with Crippen molar-refractivity contribution in [1.82, 2.24) is 14.6 Å². The van der Waals surface area contributed by atoms with E-state index in [1.54, 1.807) is 40.7 Å². The smallest absolute Gasteiger partial charge is 0.366 e. The highest BCUT2D eigenvalue weighted by Crippen LogP contribution is 2.33. The van der Waals surface area contributed by atoms with E-state index in [9.17, 15) is 26.6 Å². The van der Waals surface area contributed by atoms with Crippen molar-refractivity contribution in [2.45, 2.75) is 35.8 Å². The summed E-state index contributed by atoms with van der Waals surface area (Å²) in [5.41, 5.74) is 1.44. The van der Waals surface area contributed by atoms with E-state index in [0.717, 1.165) is 18.6 Å². The minimum atomic E-state index is -4.46. The summed E-state index contributed by atoms with van der Waals surface area (Å²) in [5.74, 6) is 0.0506. The first kappa shape index (κ1) is 32.4. The van der Waals surface area contributed by atoms with Gasteiger partial charge in [-0.15, -0.1) is 11.3 Å². The van der Waals surface area contributed by atoms with Gasteiger partial charge in [-0.3, -0.25) is 4.79 Å². The van der Waals surface area contributed by atoms with Crippen LogP contribution in [0.5, 0.6) is 0 Å². The van der Waals surface area contributed by atoms with E-state index >= 15 is 0 Å². The Balaban J connectivity index is 1.21. The number of benzene rings is 2. The number of rotatable bonds is 8. The molecule has 4 heterocycles. The summed E-state index contributed by atoms with van der Waals surface area (Å²) in [7, 11) is -1.52. The largest absolute Gasteiger partial charge is 0.416 e. The molecular formula is C32H30ClF4N5O2S2. The first-order valence-corrected chi connectivity index (χ1v) is 17.0. The van der Waals surface area contributed by atoms with E-state index in [-0.39, 0.29) is 18.3 Å². The minimum Gasteiger partial charge on any atom is -0.366 e. The molecule has 2 atom stereocenters. The predicted molar refractivity (Wildman–Crippen MR) is 173 cm³/mol. The predicted octanol–water partition coefficient (Wildman–Crippen LogP) is 6.75. The van der Waals surface area contributed by atoms with Crippen LogP contribution in [0.4, 0.5) is 29.1 Å². The van der Waals surface area contributed by atoms with E-state index in [1.165, 1.54) is 29.5 Å². The Kier molecular flexibility index (Phi) is 9.64. The third kappa shape index (κ3) is 7.22. The van der Waals surface area contributed by atoms with Crippen molar-refractivity contribution >= 4 is 51.3 Å². The van der Waals surface area contributed by atoms with E-state index in [4.69, 9.17) is 16.6 Å². The van der Waals surface area contributed by atoms with Gasteiger partial charge in [0.15, 0.2) is 0 Å². The third-order valence-corrected chi connectivity index (χ3v) is 11.1. The number of piperazine rings is 1. The molecule has 6 rings (SSSR count). The van der Waals surface area contributed by atoms with Crippen molar-refractivity contribution in [1.29, 1.82) is 0 Å². The van der Waals surface area contributed by atoms with Gasteiger partial charge in [-0.05, 0) is 66.9 Å². The maximum atomic E-state index is 14.4. The zero-order chi connectivity index (χ0) is 32.4. The summed E-state index contributed by atoms with van der Waals surface area (Å²) in [6, 6.07) is 17.8. The molecule has 46 heavy (non-hydrogen) atoms. The van der Waals surface area contributed by atoms with Gasteiger partial charge in [-0.2, -0.15) is 13.2 Å². The summed E-state index contributed by atoms with van der Waals surface area (Å²) in [4.78, 5) is 22.2. The molecule has 2 aromatic heterocycles. The summed E-state index contributed by atoms with van der Waals surface area (Å²) in [6.45, 7) is 2.82. The number of alkyl halides is 3. The quantitative estimate of drug-likeness (QED) is 0.207. The molecule has 0 aliphatic carbocycles. The molecule has 0 radical (unpaired) electrons. The Morgan fingerprint density at radius 1 is 0.978 bits per heavy atom. The number of hydrogen-bond acceptors (Lipinski definition) is 6. The fourth-order valence-corrected chi connectivity index (χ4v) is 8.61. The highest BCUT2D eigenvalue weighted by atomic mass is 35.5. The number of halogens is 5. The maximum Gasteiger partial charge on any atom is 0.416 e. The molecule has 0 saturated carbocycles. The molecule has 1 N–H and O–H groups in total. The molecule has 2 aliphatic heterocycles. The number of amides is 1. The van der Waals surface area contributed by atoms with Crippen LogP contribution in [0, 0.1) is 5.82 Å². The fraction of sp³-hybridized carbons (Fsp3) is 0.312. The lowest BCUT2D eigenvalue weighted by molar-refractivity contribution is -0.137. The number of pyridine rings is 1. The first-order chi connectivity index (χ1) is 22.1. The number of para-hydroxylation sites is 1. The molecule has 0 spiro atoms. The molecule has 242 valence electrons. The number of carbonyl (C=O) groups excluding carboxylic acids is 1. The monoisotopic (exact) mass is 691 g/mol. The lowest BCUT2D eigenvalue weighted by atomic mass is 10.1. The first-order valence-electron chi connectivity index (χ1n) is 14.7. The Morgan fingerprint density at radius 3 is 2.37 bits per heavy atom. The summed E-state index contributed by atoms with van der Waals surface area (Å²) in [5, 5.41) is 2.97. The van der Waals surface area contributed by atoms with Crippen molar-refractivity contribution < 1.29 is 26.6 Å². The lowest BCUT2D eigenvalue weighted by Crippen LogP contribution is -2.47. The van der Waals surface area contributed by atoms with Crippen molar-refractivity contribution in [3.05, 3.63) is 94.1 Å². The molecule has 2 unspecified atom stereocenters. The average Bonchev–Trinajstić information content (AvgIpc) is 3.73. The Labute approximate surface area is 275 Å². The molecule has 0 bridgehead atoms. The minimum absolute atomic E-state index is 0.138. The van der Waals surface area contributed by atoms with E-state index in [1.807, 2.05) is 15.9 Å². The Hall–Kier alpha value is -3.52. The lowest BCUT2D eigenvalue weighted by Gasteiger charge is -2.37. The molecule has 4 aromatic rings. The molecular weight excluding hydrogens is 662 g/mol. The van der Waals surface area contributed by atoms with Crippen LogP contribution < -0.4 is 15.1 Å². The van der Waals surface area contributed by atoms with Crippen LogP contribution in [0.3, 0.4) is 0 Å². The average molecular weight is 692 g/mol. The van der Waals surface area contributed by atoms with E-state index in [0.29, 0.717) is 76.0 Å². The number of anilines is 2. The van der Waals surface area contributed by atoms with Gasteiger partial charge in [0.05, 0.1) is 21.3 Å². The van der Waals surface area contributed by atoms with Crippen LogP contribution in [-0.2, 0) is 28.5 Å². The molecule has 1 amide bonds. The van der Waals surface area contributed by atoms with Gasteiger partial charge in [0, 0.05) is 44.8 Å². The van der Waals surface area contributed by atoms with Gasteiger partial charge >= 0.3 is 6.18 Å². The van der Waals surface area contributed by atoms with Crippen molar-refractivity contribution in [3.8, 4) is 11.3 Å². The summed E-state index contributed by atoms with van der Waals surface area (Å²) < 4.78 is 70.1. The molecule has 2 fully saturated rings. The maximum absolute atomic E-state index is 14.4. The number of thiophene rings is 1. The van der Waals surface area contributed by atoms with Crippen LogP contribution in [0.1, 0.15) is 24.0 Å². The van der Waals surface area contributed by atoms with Crippen LogP contribution in [0.15, 0.2) is 77.0 Å².